The number of H-pyrrole nitrogens is 2. The fourth-order valence-corrected chi connectivity index (χ4v) is 13.1. The second-order valence-corrected chi connectivity index (χ2v) is 28.2. The molecule has 5 rings (SSSR count). The Bertz CT molecular complexity index is 4190. The Morgan fingerprint density at radius 3 is 1.31 bits per heavy atom. The van der Waals surface area contributed by atoms with Crippen LogP contribution in [0.2, 0.25) is 0 Å². The predicted octanol–water partition coefficient (Wildman–Crippen LogP) is -1.06. The Hall–Kier alpha value is -12.0. The number of nitrogens with one attached hydrogen (secondary N) is 9. The number of unbranched alkanes of at least 4 members (excludes halogenated alkanes) is 1. The number of fused-ring (bicyclic) bond motifs is 1. The first-order valence-electron chi connectivity index (χ1n) is 36.8. The number of anilines is 2. The van der Waals surface area contributed by atoms with Crippen LogP contribution in [0.25, 0.3) is 10.9 Å². The Morgan fingerprint density at radius 1 is 0.453 bits per heavy atom. The van der Waals surface area contributed by atoms with Crippen molar-refractivity contribution < 1.29 is 123 Å². The second-order valence-electron chi connectivity index (χ2n) is 27.4. The van der Waals surface area contributed by atoms with E-state index in [9.17, 15) is 123 Å². The summed E-state index contributed by atoms with van der Waals surface area (Å²) in [5.41, 5.74) is 3.82. The molecule has 5 atom stereocenters. The highest BCUT2D eigenvalue weighted by Crippen LogP contribution is 2.24. The topological polar surface area (TPSA) is 606 Å². The monoisotopic (exact) mass is 1670 g/mol. The van der Waals surface area contributed by atoms with E-state index in [1.54, 1.807) is 67.8 Å². The third kappa shape index (κ3) is 37.9. The molecular formula is C74H98N16O25S2. The van der Waals surface area contributed by atoms with Crippen LogP contribution in [0.4, 0.5) is 11.4 Å². The van der Waals surface area contributed by atoms with E-state index in [1.165, 1.54) is 16.1 Å². The quantitative estimate of drug-likeness (QED) is 0.0163. The number of thiocarbonyl (C=S) groups is 2. The molecule has 0 fully saturated rings. The van der Waals surface area contributed by atoms with E-state index in [2.05, 4.69) is 52.2 Å². The maximum absolute atomic E-state index is 14.8. The van der Waals surface area contributed by atoms with Crippen molar-refractivity contribution in [3.05, 3.63) is 114 Å². The van der Waals surface area contributed by atoms with Crippen LogP contribution in [0.1, 0.15) is 61.4 Å². The normalized spacial score (nSPS) is 12.6. The van der Waals surface area contributed by atoms with Gasteiger partial charge >= 0.3 is 59.7 Å². The molecule has 0 bridgehead atoms. The number of imidazole rings is 1. The molecule has 43 heteroatoms. The van der Waals surface area contributed by atoms with Crippen LogP contribution in [-0.4, -0.2) is 343 Å². The summed E-state index contributed by atoms with van der Waals surface area (Å²) in [6.45, 7) is -7.66. The zero-order chi connectivity index (χ0) is 86.3. The number of aliphatic carboxylic acids is 10. The zero-order valence-electron chi connectivity index (χ0n) is 63.9. The fraction of sp³-hybridized carbons (Fsp3) is 0.459. The Balaban J connectivity index is 1.28. The molecule has 2 unspecified atom stereocenters. The van der Waals surface area contributed by atoms with Gasteiger partial charge in [-0.3, -0.25) is 101 Å². The molecule has 3 aromatic carbocycles. The highest BCUT2D eigenvalue weighted by molar-refractivity contribution is 7.80. The molecule has 5 aromatic rings. The average Bonchev–Trinajstić information content (AvgIpc) is 1.74. The summed E-state index contributed by atoms with van der Waals surface area (Å²) >= 11 is 11.0. The minimum Gasteiger partial charge on any atom is -0.480 e. The van der Waals surface area contributed by atoms with Crippen LogP contribution in [0, 0.1) is 5.92 Å². The summed E-state index contributed by atoms with van der Waals surface area (Å²) in [6.07, 6.45) is 4.99. The van der Waals surface area contributed by atoms with Gasteiger partial charge in [0.25, 0.3) is 0 Å². The van der Waals surface area contributed by atoms with Gasteiger partial charge < -0.3 is 98.3 Å². The lowest BCUT2D eigenvalue weighted by Crippen LogP contribution is -2.54. The number of hydrogen-bond donors (Lipinski definition) is 19. The van der Waals surface area contributed by atoms with Gasteiger partial charge in [-0.1, -0.05) is 49.4 Å². The number of nitrogens with zero attached hydrogens (tertiary/aromatic N) is 7. The first kappa shape index (κ1) is 95.6. The molecule has 0 aliphatic heterocycles. The van der Waals surface area contributed by atoms with Gasteiger partial charge in [0.2, 0.25) is 17.7 Å². The number of rotatable bonds is 59. The van der Waals surface area contributed by atoms with Crippen molar-refractivity contribution in [1.82, 2.24) is 70.9 Å². The first-order valence-corrected chi connectivity index (χ1v) is 37.6. The third-order valence-electron chi connectivity index (χ3n) is 18.1. The molecule has 636 valence electrons. The standard InChI is InChI=1S/C74H98N16O25S2/c1-2-58(91)47(25-51-29-75-44-80-51)27-59(92)57(26-48-28-77-55-8-4-3-7-54(48)55)84-72(115)56(83-61(94)31-79-74(117)82-50-16-12-46(13-17-50)24-53(90(42-70(111)112)43-71(113)114)33-86(35-63(97)98)20-22-88(38-66(103)104)39-67(105)106)9-5-6-18-76-60(93)30-78-73(116)81-49-14-10-45(11-15-49)23-52(89(40-68(107)108)41-69(109)110)32-85(34-62(95)96)19-21-87(36-64(99)100)37-65(101)102/h3-4,7-8,10-17,28-29,44,47,52-53,56-57,77H,2,5-6,9,18-27,30-43H2,1H3,(H,75,80)(H,76,93)(H,83,94)(H,84,115)(H,95,96)(H,97,98)(H,99,100)(H,101,102)(H,103,104)(H,105,106)(H,107,108)(H,109,110)(H,111,112)(H,113,114)(H2,78,81,116)(H2,79,82,117)/t47-,52?,53?,56-,57-/m1/s1. The molecule has 0 radical (unpaired) electrons. The maximum Gasteiger partial charge on any atom is 0.317 e. The number of aromatic nitrogens is 3. The number of carbonyl (C=O) groups is 15. The zero-order valence-corrected chi connectivity index (χ0v) is 65.5. The summed E-state index contributed by atoms with van der Waals surface area (Å²) in [6, 6.07) is 15.4. The van der Waals surface area contributed by atoms with Gasteiger partial charge in [-0.25, -0.2) is 4.98 Å². The molecule has 0 spiro atoms. The van der Waals surface area contributed by atoms with Gasteiger partial charge in [0, 0.05) is 123 Å². The molecule has 117 heavy (non-hydrogen) atoms. The van der Waals surface area contributed by atoms with Crippen LogP contribution in [0.5, 0.6) is 0 Å². The molecule has 0 aliphatic carbocycles. The molecule has 2 aromatic heterocycles. The lowest BCUT2D eigenvalue weighted by atomic mass is 9.88. The number of amides is 3. The minimum atomic E-state index is -1.40. The molecule has 0 aliphatic rings. The second kappa shape index (κ2) is 49.7. The molecule has 3 amide bonds. The number of para-hydroxylation sites is 1. The molecule has 0 saturated carbocycles. The summed E-state index contributed by atoms with van der Waals surface area (Å²) < 4.78 is 0. The highest BCUT2D eigenvalue weighted by atomic mass is 32.1. The summed E-state index contributed by atoms with van der Waals surface area (Å²) in [4.78, 5) is 205. The van der Waals surface area contributed by atoms with E-state index in [0.717, 1.165) is 30.5 Å². The Morgan fingerprint density at radius 2 is 0.880 bits per heavy atom. The number of carboxylic acids is 10. The van der Waals surface area contributed by atoms with Gasteiger partial charge in [0.1, 0.15) is 11.8 Å². The lowest BCUT2D eigenvalue weighted by molar-refractivity contribution is -0.145. The first-order chi connectivity index (χ1) is 55.5. The average molecular weight is 1680 g/mol. The number of aromatic amines is 2. The predicted molar refractivity (Wildman–Crippen MR) is 425 cm³/mol. The summed E-state index contributed by atoms with van der Waals surface area (Å²) in [7, 11) is 0. The van der Waals surface area contributed by atoms with Crippen molar-refractivity contribution in [2.75, 3.05) is 135 Å². The smallest absolute Gasteiger partial charge is 0.317 e. The van der Waals surface area contributed by atoms with E-state index in [4.69, 9.17) is 24.4 Å². The van der Waals surface area contributed by atoms with E-state index >= 15 is 0 Å². The largest absolute Gasteiger partial charge is 0.480 e. The lowest BCUT2D eigenvalue weighted by Gasteiger charge is -2.34. The Kier molecular flexibility index (Phi) is 40.6. The van der Waals surface area contributed by atoms with Gasteiger partial charge in [-0.05, 0) is 110 Å². The van der Waals surface area contributed by atoms with Crippen LogP contribution < -0.4 is 37.2 Å². The van der Waals surface area contributed by atoms with Gasteiger partial charge in [0.05, 0.1) is 90.9 Å². The molecule has 19 N–H and O–H groups in total. The van der Waals surface area contributed by atoms with Crippen LogP contribution in [0.3, 0.4) is 0 Å². The van der Waals surface area contributed by atoms with Crippen molar-refractivity contribution in [3.63, 3.8) is 0 Å². The van der Waals surface area contributed by atoms with Crippen molar-refractivity contribution in [3.8, 4) is 0 Å². The molecule has 2 heterocycles. The van der Waals surface area contributed by atoms with Gasteiger partial charge in [0.15, 0.2) is 16.0 Å². The van der Waals surface area contributed by atoms with Crippen molar-refractivity contribution in [1.29, 1.82) is 0 Å². The van der Waals surface area contributed by atoms with E-state index in [-0.39, 0.29) is 126 Å². The van der Waals surface area contributed by atoms with Gasteiger partial charge in [-0.2, -0.15) is 0 Å². The van der Waals surface area contributed by atoms with Crippen LogP contribution >= 0.6 is 24.4 Å². The molecule has 41 nitrogen and oxygen atoms in total. The van der Waals surface area contributed by atoms with E-state index < -0.39 is 185 Å². The van der Waals surface area contributed by atoms with Crippen LogP contribution in [-0.2, 0) is 97.6 Å². The van der Waals surface area contributed by atoms with E-state index in [0.29, 0.717) is 33.8 Å². The van der Waals surface area contributed by atoms with Crippen molar-refractivity contribution in [2.45, 2.75) is 88.9 Å². The number of carbonyl (C=O) groups excluding carboxylic acids is 5. The summed E-state index contributed by atoms with van der Waals surface area (Å²) in [5.74, 6) is -17.1. The Labute approximate surface area is 680 Å². The number of hydrogen-bond acceptors (Lipinski definition) is 24. The van der Waals surface area contributed by atoms with Gasteiger partial charge in [-0.15, -0.1) is 0 Å². The fourth-order valence-electron chi connectivity index (χ4n) is 12.8. The molecular weight excluding hydrogens is 1580 g/mol. The third-order valence-corrected chi connectivity index (χ3v) is 18.6. The SMILES string of the molecule is CCC(=O)[C@@H](CC(=O)[C@@H](Cc1c[nH]c2ccccc12)NC(=O)[C@@H](CCCCNC(=O)CNC(=S)Nc1ccc(CC(CN(CCN(CC(=O)O)CC(=O)O)CC(=O)O)N(CC(=O)O)CC(=O)O)cc1)NC(=O)CNC(=S)Nc1ccc(CC(CN(CCN(CC(=O)O)CC(=O)O)CC(=O)O)N(CC(=O)O)CC(=O)O)cc1)Cc1cnc[nH]1. The number of ketones is 2. The number of Topliss-reactive ketones (excluding diaryl/α,β-unsaturated/α-hetero) is 2. The number of carboxylic acid groups (broad SMARTS) is 10. The number of benzene rings is 3. The minimum absolute atomic E-state index is 0.000559. The maximum atomic E-state index is 14.8. The molecule has 0 saturated heterocycles. The summed E-state index contributed by atoms with van der Waals surface area (Å²) in [5, 5.41) is 116. The highest BCUT2D eigenvalue weighted by Gasteiger charge is 2.34. The van der Waals surface area contributed by atoms with Crippen LogP contribution in [0.15, 0.2) is 91.5 Å². The van der Waals surface area contributed by atoms with E-state index in [1.807, 2.05) is 24.3 Å². The van der Waals surface area contributed by atoms with Crippen molar-refractivity contribution in [2.24, 2.45) is 5.92 Å². The van der Waals surface area contributed by atoms with Crippen molar-refractivity contribution >= 4 is 146 Å².